The summed E-state index contributed by atoms with van der Waals surface area (Å²) in [6.07, 6.45) is 0.660. The predicted molar refractivity (Wildman–Crippen MR) is 66.2 cm³/mol. The Hall–Kier alpha value is -1.61. The molecule has 2 N–H and O–H groups in total. The summed E-state index contributed by atoms with van der Waals surface area (Å²) >= 11 is 0. The summed E-state index contributed by atoms with van der Waals surface area (Å²) in [5.74, 6) is 1.08. The third-order valence-corrected chi connectivity index (χ3v) is 2.57. The van der Waals surface area contributed by atoms with E-state index >= 15 is 0 Å². The Morgan fingerprint density at radius 2 is 2.06 bits per heavy atom. The maximum Gasteiger partial charge on any atom is 0.137 e. The summed E-state index contributed by atoms with van der Waals surface area (Å²) in [5.41, 5.74) is 7.08. The number of nitrogens with two attached hydrogens (primary N) is 1. The van der Waals surface area contributed by atoms with Gasteiger partial charge >= 0.3 is 0 Å². The standard InChI is InChI=1S/C14H16FNO/c1-9-3-5-12(13(15)7-9)14-6-4-11(17-14)8-10(2)16/h3-7,10H,8,16H2,1-2H3. The topological polar surface area (TPSA) is 39.2 Å². The average Bonchev–Trinajstić information content (AvgIpc) is 2.65. The van der Waals surface area contributed by atoms with E-state index in [1.165, 1.54) is 6.07 Å². The Morgan fingerprint density at radius 3 is 2.71 bits per heavy atom. The van der Waals surface area contributed by atoms with Crippen LogP contribution in [0.2, 0.25) is 0 Å². The van der Waals surface area contributed by atoms with E-state index < -0.39 is 0 Å². The van der Waals surface area contributed by atoms with Crippen LogP contribution < -0.4 is 5.73 Å². The third-order valence-electron chi connectivity index (χ3n) is 2.57. The van der Waals surface area contributed by atoms with E-state index in [-0.39, 0.29) is 11.9 Å². The number of benzene rings is 1. The van der Waals surface area contributed by atoms with E-state index in [1.807, 2.05) is 26.0 Å². The Labute approximate surface area is 100 Å². The normalized spacial score (nSPS) is 12.7. The fourth-order valence-corrected chi connectivity index (χ4v) is 1.77. The number of aryl methyl sites for hydroxylation is 1. The maximum atomic E-state index is 13.7. The fraction of sp³-hybridized carbons (Fsp3) is 0.286. The highest BCUT2D eigenvalue weighted by molar-refractivity contribution is 5.58. The smallest absolute Gasteiger partial charge is 0.137 e. The Morgan fingerprint density at radius 1 is 1.29 bits per heavy atom. The molecule has 1 aromatic heterocycles. The molecule has 0 saturated heterocycles. The molecule has 3 heteroatoms. The van der Waals surface area contributed by atoms with E-state index in [9.17, 15) is 4.39 Å². The molecule has 17 heavy (non-hydrogen) atoms. The van der Waals surface area contributed by atoms with Crippen LogP contribution >= 0.6 is 0 Å². The van der Waals surface area contributed by atoms with Gasteiger partial charge in [0.05, 0.1) is 5.56 Å². The summed E-state index contributed by atoms with van der Waals surface area (Å²) in [5, 5.41) is 0. The van der Waals surface area contributed by atoms with E-state index in [0.29, 0.717) is 17.7 Å². The van der Waals surface area contributed by atoms with Gasteiger partial charge in [0, 0.05) is 12.5 Å². The minimum atomic E-state index is -0.258. The van der Waals surface area contributed by atoms with Crippen molar-refractivity contribution in [3.05, 3.63) is 47.5 Å². The molecular formula is C14H16FNO. The van der Waals surface area contributed by atoms with Gasteiger partial charge in [-0.15, -0.1) is 0 Å². The SMILES string of the molecule is Cc1ccc(-c2ccc(CC(C)N)o2)c(F)c1. The number of furan rings is 1. The Balaban J connectivity index is 2.30. The van der Waals surface area contributed by atoms with Gasteiger partial charge in [-0.3, -0.25) is 0 Å². The molecule has 1 aromatic carbocycles. The highest BCUT2D eigenvalue weighted by Crippen LogP contribution is 2.26. The van der Waals surface area contributed by atoms with Crippen molar-refractivity contribution in [2.75, 3.05) is 0 Å². The first kappa shape index (κ1) is 11.9. The van der Waals surface area contributed by atoms with Crippen LogP contribution in [0.5, 0.6) is 0 Å². The summed E-state index contributed by atoms with van der Waals surface area (Å²) in [6, 6.07) is 8.77. The van der Waals surface area contributed by atoms with Gasteiger partial charge in [-0.25, -0.2) is 4.39 Å². The Bertz CT molecular complexity index is 517. The molecule has 2 rings (SSSR count). The molecule has 1 atom stereocenters. The molecule has 0 saturated carbocycles. The van der Waals surface area contributed by atoms with Crippen molar-refractivity contribution >= 4 is 0 Å². The van der Waals surface area contributed by atoms with Crippen molar-refractivity contribution in [2.24, 2.45) is 5.73 Å². The highest BCUT2D eigenvalue weighted by Gasteiger charge is 2.10. The minimum Gasteiger partial charge on any atom is -0.461 e. The van der Waals surface area contributed by atoms with Gasteiger partial charge in [-0.05, 0) is 43.7 Å². The zero-order valence-electron chi connectivity index (χ0n) is 10.0. The van der Waals surface area contributed by atoms with Gasteiger partial charge in [0.2, 0.25) is 0 Å². The quantitative estimate of drug-likeness (QED) is 0.883. The van der Waals surface area contributed by atoms with Gasteiger partial charge in [-0.1, -0.05) is 6.07 Å². The van der Waals surface area contributed by atoms with Crippen LogP contribution in [0.4, 0.5) is 4.39 Å². The maximum absolute atomic E-state index is 13.7. The molecule has 2 aromatic rings. The van der Waals surface area contributed by atoms with Crippen molar-refractivity contribution in [3.8, 4) is 11.3 Å². The molecule has 0 fully saturated rings. The zero-order chi connectivity index (χ0) is 12.4. The lowest BCUT2D eigenvalue weighted by Crippen LogP contribution is -2.17. The van der Waals surface area contributed by atoms with E-state index in [4.69, 9.17) is 10.2 Å². The van der Waals surface area contributed by atoms with Crippen molar-refractivity contribution < 1.29 is 8.81 Å². The van der Waals surface area contributed by atoms with Gasteiger partial charge in [-0.2, -0.15) is 0 Å². The van der Waals surface area contributed by atoms with Gasteiger partial charge in [0.15, 0.2) is 0 Å². The van der Waals surface area contributed by atoms with E-state index in [1.54, 1.807) is 12.1 Å². The van der Waals surface area contributed by atoms with Crippen LogP contribution in [-0.2, 0) is 6.42 Å². The summed E-state index contributed by atoms with van der Waals surface area (Å²) in [4.78, 5) is 0. The second-order valence-corrected chi connectivity index (χ2v) is 4.43. The molecule has 0 aliphatic heterocycles. The number of hydrogen-bond acceptors (Lipinski definition) is 2. The molecule has 0 radical (unpaired) electrons. The number of rotatable bonds is 3. The van der Waals surface area contributed by atoms with Crippen LogP contribution in [0.3, 0.4) is 0 Å². The van der Waals surface area contributed by atoms with Crippen molar-refractivity contribution in [2.45, 2.75) is 26.3 Å². The summed E-state index contributed by atoms with van der Waals surface area (Å²) < 4.78 is 19.3. The third kappa shape index (κ3) is 2.74. The molecule has 90 valence electrons. The first-order valence-electron chi connectivity index (χ1n) is 5.67. The van der Waals surface area contributed by atoms with E-state index in [2.05, 4.69) is 0 Å². The van der Waals surface area contributed by atoms with Crippen LogP contribution in [0, 0.1) is 12.7 Å². The minimum absolute atomic E-state index is 0.0388. The van der Waals surface area contributed by atoms with Crippen molar-refractivity contribution in [3.63, 3.8) is 0 Å². The largest absolute Gasteiger partial charge is 0.461 e. The molecule has 0 spiro atoms. The number of halogens is 1. The lowest BCUT2D eigenvalue weighted by molar-refractivity contribution is 0.499. The summed E-state index contributed by atoms with van der Waals surface area (Å²) in [7, 11) is 0. The zero-order valence-corrected chi connectivity index (χ0v) is 10.0. The van der Waals surface area contributed by atoms with Gasteiger partial charge in [0.1, 0.15) is 17.3 Å². The molecule has 1 unspecified atom stereocenters. The van der Waals surface area contributed by atoms with Crippen LogP contribution in [0.15, 0.2) is 34.7 Å². The van der Waals surface area contributed by atoms with Crippen molar-refractivity contribution in [1.29, 1.82) is 0 Å². The first-order chi connectivity index (χ1) is 8.06. The summed E-state index contributed by atoms with van der Waals surface area (Å²) in [6.45, 7) is 3.77. The van der Waals surface area contributed by atoms with Crippen LogP contribution in [-0.4, -0.2) is 6.04 Å². The Kier molecular flexibility index (Phi) is 3.29. The van der Waals surface area contributed by atoms with Crippen LogP contribution in [0.25, 0.3) is 11.3 Å². The van der Waals surface area contributed by atoms with Gasteiger partial charge in [0.25, 0.3) is 0 Å². The average molecular weight is 233 g/mol. The molecule has 0 bridgehead atoms. The van der Waals surface area contributed by atoms with Gasteiger partial charge < -0.3 is 10.2 Å². The van der Waals surface area contributed by atoms with E-state index in [0.717, 1.165) is 11.3 Å². The lowest BCUT2D eigenvalue weighted by Gasteiger charge is -2.02. The number of hydrogen-bond donors (Lipinski definition) is 1. The highest BCUT2D eigenvalue weighted by atomic mass is 19.1. The molecule has 2 nitrogen and oxygen atoms in total. The van der Waals surface area contributed by atoms with Crippen LogP contribution in [0.1, 0.15) is 18.2 Å². The molecule has 1 heterocycles. The molecule has 0 aliphatic rings. The second-order valence-electron chi connectivity index (χ2n) is 4.43. The second kappa shape index (κ2) is 4.72. The van der Waals surface area contributed by atoms with Crippen molar-refractivity contribution in [1.82, 2.24) is 0 Å². The monoisotopic (exact) mass is 233 g/mol. The molecule has 0 aliphatic carbocycles. The predicted octanol–water partition coefficient (Wildman–Crippen LogP) is 3.28. The lowest BCUT2D eigenvalue weighted by atomic mass is 10.1. The first-order valence-corrected chi connectivity index (χ1v) is 5.67. The molecule has 0 amide bonds. The molecular weight excluding hydrogens is 217 g/mol. The fourth-order valence-electron chi connectivity index (χ4n) is 1.77.